The first kappa shape index (κ1) is 11.4. The summed E-state index contributed by atoms with van der Waals surface area (Å²) in [6.45, 7) is 0. The molecule has 19 heavy (non-hydrogen) atoms. The molecular weight excluding hydrogens is 266 g/mol. The zero-order valence-electron chi connectivity index (χ0n) is 9.36. The van der Waals surface area contributed by atoms with Gasteiger partial charge in [-0.2, -0.15) is 5.26 Å². The van der Waals surface area contributed by atoms with Gasteiger partial charge in [-0.3, -0.25) is 4.79 Å². The minimum Gasteiger partial charge on any atom is -0.287 e. The summed E-state index contributed by atoms with van der Waals surface area (Å²) in [5.74, 6) is 0. The second-order valence-electron chi connectivity index (χ2n) is 3.84. The molecule has 7 heteroatoms. The highest BCUT2D eigenvalue weighted by atomic mass is 32.1. The van der Waals surface area contributed by atoms with Crippen molar-refractivity contribution in [2.45, 2.75) is 0 Å². The summed E-state index contributed by atoms with van der Waals surface area (Å²) in [6, 6.07) is 8.75. The number of hydrogen-bond donors (Lipinski definition) is 0. The molecule has 2 heterocycles. The fourth-order valence-electron chi connectivity index (χ4n) is 1.99. The van der Waals surface area contributed by atoms with Crippen LogP contribution in [-0.2, 0) is 0 Å². The van der Waals surface area contributed by atoms with Crippen LogP contribution in [0.25, 0.3) is 20.3 Å². The predicted octanol–water partition coefficient (Wildman–Crippen LogP) is 2.13. The molecule has 0 aliphatic heterocycles. The summed E-state index contributed by atoms with van der Waals surface area (Å²) in [7, 11) is 0. The number of rotatable bonds is 1. The molecule has 0 saturated heterocycles. The molecular formula is C12H5N3O3S. The summed E-state index contributed by atoms with van der Waals surface area (Å²) >= 11 is 1.16. The van der Waals surface area contributed by atoms with Gasteiger partial charge in [-0.1, -0.05) is 22.9 Å². The first-order valence-electron chi connectivity index (χ1n) is 5.25. The molecule has 3 aromatic rings. The van der Waals surface area contributed by atoms with Crippen molar-refractivity contribution in [2.24, 2.45) is 0 Å². The maximum absolute atomic E-state index is 12.1. The summed E-state index contributed by atoms with van der Waals surface area (Å²) in [5, 5.41) is 20.0. The van der Waals surface area contributed by atoms with E-state index in [0.29, 0.717) is 5.39 Å². The highest BCUT2D eigenvalue weighted by Crippen LogP contribution is 2.31. The summed E-state index contributed by atoms with van der Waals surface area (Å²) < 4.78 is 1.76. The number of aromatic nitrogens is 1. The van der Waals surface area contributed by atoms with Gasteiger partial charge in [-0.15, -0.1) is 11.3 Å². The van der Waals surface area contributed by atoms with Crippen LogP contribution in [-0.4, -0.2) is 9.71 Å². The molecule has 2 aromatic heterocycles. The molecule has 0 saturated carbocycles. The number of hydrogen-bond acceptors (Lipinski definition) is 5. The van der Waals surface area contributed by atoms with Gasteiger partial charge in [0.1, 0.15) is 21.8 Å². The molecule has 0 aliphatic carbocycles. The van der Waals surface area contributed by atoms with Crippen molar-refractivity contribution in [3.05, 3.63) is 56.4 Å². The van der Waals surface area contributed by atoms with E-state index in [1.165, 1.54) is 0 Å². The lowest BCUT2D eigenvalue weighted by Crippen LogP contribution is -2.16. The Morgan fingerprint density at radius 2 is 2.11 bits per heavy atom. The maximum Gasteiger partial charge on any atom is 0.217 e. The van der Waals surface area contributed by atoms with Gasteiger partial charge in [-0.05, 0) is 6.07 Å². The number of nitriles is 1. The van der Waals surface area contributed by atoms with Crippen molar-refractivity contribution >= 4 is 31.6 Å². The monoisotopic (exact) mass is 271 g/mol. The summed E-state index contributed by atoms with van der Waals surface area (Å²) in [5.41, 5.74) is -0.442. The van der Waals surface area contributed by atoms with Gasteiger partial charge in [0.15, 0.2) is 5.03 Å². The normalized spacial score (nSPS) is 10.7. The average molecular weight is 271 g/mol. The number of thiophene rings is 1. The third kappa shape index (κ3) is 1.51. The molecule has 0 N–H and O–H groups in total. The van der Waals surface area contributed by atoms with Crippen molar-refractivity contribution in [3.8, 4) is 6.07 Å². The van der Waals surface area contributed by atoms with E-state index in [1.54, 1.807) is 30.3 Å². The largest absolute Gasteiger partial charge is 0.287 e. The van der Waals surface area contributed by atoms with Crippen LogP contribution in [0.2, 0.25) is 0 Å². The molecule has 3 rings (SSSR count). The van der Waals surface area contributed by atoms with Gasteiger partial charge < -0.3 is 0 Å². The Morgan fingerprint density at radius 3 is 2.79 bits per heavy atom. The third-order valence-corrected chi connectivity index (χ3v) is 3.96. The summed E-state index contributed by atoms with van der Waals surface area (Å²) in [4.78, 5) is 23.2. The van der Waals surface area contributed by atoms with Gasteiger partial charge >= 0.3 is 0 Å². The Balaban J connectivity index is 2.67. The predicted molar refractivity (Wildman–Crippen MR) is 70.7 cm³/mol. The van der Waals surface area contributed by atoms with Crippen LogP contribution in [0.5, 0.6) is 0 Å². The van der Waals surface area contributed by atoms with Gasteiger partial charge in [0, 0.05) is 10.1 Å². The Kier molecular flexibility index (Phi) is 2.33. The van der Waals surface area contributed by atoms with Crippen LogP contribution >= 0.6 is 11.3 Å². The van der Waals surface area contributed by atoms with Crippen LogP contribution < -0.4 is 5.43 Å². The number of benzene rings is 1. The number of pyridine rings is 1. The molecule has 0 radical (unpaired) electrons. The van der Waals surface area contributed by atoms with E-state index in [1.807, 2.05) is 0 Å². The molecule has 0 atom stereocenters. The number of nitrogens with zero attached hydrogens (tertiary/aromatic N) is 3. The quantitative estimate of drug-likeness (QED) is 0.501. The van der Waals surface area contributed by atoms with E-state index < -0.39 is 10.5 Å². The van der Waals surface area contributed by atoms with Gasteiger partial charge in [0.25, 0.3) is 0 Å². The molecule has 0 fully saturated rings. The minimum atomic E-state index is -0.637. The second kappa shape index (κ2) is 3.90. The van der Waals surface area contributed by atoms with Crippen LogP contribution in [0.1, 0.15) is 5.56 Å². The molecule has 0 aliphatic rings. The second-order valence-corrected chi connectivity index (χ2v) is 4.89. The van der Waals surface area contributed by atoms with Crippen LogP contribution in [0.3, 0.4) is 0 Å². The molecule has 0 unspecified atom stereocenters. The lowest BCUT2D eigenvalue weighted by molar-refractivity contribution is -0.537. The Bertz CT molecular complexity index is 933. The highest BCUT2D eigenvalue weighted by Gasteiger charge is 2.19. The lowest BCUT2D eigenvalue weighted by atomic mass is 10.2. The van der Waals surface area contributed by atoms with E-state index >= 15 is 0 Å². The fraction of sp³-hybridized carbons (Fsp3) is 0. The molecule has 0 spiro atoms. The van der Waals surface area contributed by atoms with E-state index in [0.717, 1.165) is 26.9 Å². The van der Waals surface area contributed by atoms with E-state index in [-0.39, 0.29) is 15.8 Å². The van der Waals surface area contributed by atoms with Gasteiger partial charge in [-0.25, -0.2) is 10.1 Å². The molecule has 0 bridgehead atoms. The highest BCUT2D eigenvalue weighted by molar-refractivity contribution is 7.25. The molecule has 6 nitrogen and oxygen atoms in total. The van der Waals surface area contributed by atoms with Crippen LogP contribution in [0, 0.1) is 21.4 Å². The number of fused-ring (bicyclic) bond motifs is 3. The Hall–Kier alpha value is -2.72. The smallest absolute Gasteiger partial charge is 0.217 e. The van der Waals surface area contributed by atoms with E-state index in [9.17, 15) is 14.9 Å². The van der Waals surface area contributed by atoms with Crippen LogP contribution in [0.4, 0.5) is 0 Å². The first-order valence-corrected chi connectivity index (χ1v) is 6.07. The van der Waals surface area contributed by atoms with Crippen molar-refractivity contribution in [1.29, 1.82) is 5.26 Å². The Labute approximate surface area is 109 Å². The maximum atomic E-state index is 12.1. The zero-order valence-corrected chi connectivity index (χ0v) is 10.2. The molecule has 92 valence electrons. The number of nitro groups is 1. The van der Waals surface area contributed by atoms with Crippen molar-refractivity contribution in [2.75, 3.05) is 0 Å². The standard InChI is InChI=1S/C12H5N3O3S/c13-5-7-6-14(15(17)18)10-8-3-1-2-4-9(8)19-12(10)11(7)16/h1-4,6H. The van der Waals surface area contributed by atoms with E-state index in [2.05, 4.69) is 0 Å². The van der Waals surface area contributed by atoms with Crippen molar-refractivity contribution in [3.63, 3.8) is 0 Å². The van der Waals surface area contributed by atoms with E-state index in [4.69, 9.17) is 5.26 Å². The Morgan fingerprint density at radius 1 is 1.37 bits per heavy atom. The lowest BCUT2D eigenvalue weighted by Gasteiger charge is -1.99. The SMILES string of the molecule is N#Cc1cn([N+](=O)[O-])c2c(sc3ccccc32)c1=O. The third-order valence-electron chi connectivity index (χ3n) is 2.80. The van der Waals surface area contributed by atoms with Gasteiger partial charge in [0.2, 0.25) is 5.43 Å². The first-order chi connectivity index (χ1) is 9.13. The molecule has 1 aromatic carbocycles. The van der Waals surface area contributed by atoms with Gasteiger partial charge in [0.05, 0.1) is 6.20 Å². The fourth-order valence-corrected chi connectivity index (χ4v) is 3.13. The summed E-state index contributed by atoms with van der Waals surface area (Å²) in [6.07, 6.45) is 0.976. The minimum absolute atomic E-state index is 0.226. The topological polar surface area (TPSA) is 88.9 Å². The van der Waals surface area contributed by atoms with Crippen molar-refractivity contribution < 1.29 is 5.03 Å². The average Bonchev–Trinajstić information content (AvgIpc) is 2.79. The molecule has 0 amide bonds. The van der Waals surface area contributed by atoms with Crippen molar-refractivity contribution in [1.82, 2.24) is 4.68 Å². The zero-order chi connectivity index (χ0) is 13.6. The van der Waals surface area contributed by atoms with Crippen LogP contribution in [0.15, 0.2) is 35.3 Å².